The van der Waals surface area contributed by atoms with Crippen molar-refractivity contribution in [2.75, 3.05) is 5.32 Å². The van der Waals surface area contributed by atoms with Crippen LogP contribution in [0.4, 0.5) is 5.88 Å². The lowest BCUT2D eigenvalue weighted by atomic mass is 9.69. The van der Waals surface area contributed by atoms with Gasteiger partial charge >= 0.3 is 0 Å². The molecule has 0 saturated carbocycles. The maximum absolute atomic E-state index is 13.0. The normalized spacial score (nSPS) is 21.6. The minimum atomic E-state index is -0.0907. The van der Waals surface area contributed by atoms with Crippen LogP contribution in [-0.4, -0.2) is 10.9 Å². The molecule has 0 radical (unpaired) electrons. The van der Waals surface area contributed by atoms with Crippen LogP contribution in [-0.2, 0) is 11.2 Å². The molecule has 1 aromatic carbocycles. The second-order valence-corrected chi connectivity index (χ2v) is 8.00. The molecule has 1 aromatic heterocycles. The van der Waals surface area contributed by atoms with Crippen LogP contribution in [0.25, 0.3) is 0 Å². The largest absolute Gasteiger partial charge is 0.338 e. The summed E-state index contributed by atoms with van der Waals surface area (Å²) in [5, 5.41) is 7.51. The molecule has 2 aromatic rings. The van der Waals surface area contributed by atoms with Gasteiger partial charge in [0.2, 0.25) is 5.88 Å². The summed E-state index contributed by atoms with van der Waals surface area (Å²) < 4.78 is 5.53. The molecule has 1 aliphatic carbocycles. The Hall–Kier alpha value is -2.36. The molecule has 1 atom stereocenters. The number of rotatable bonds is 2. The number of ketones is 1. The summed E-state index contributed by atoms with van der Waals surface area (Å²) in [6.45, 7) is 8.38. The predicted molar refractivity (Wildman–Crippen MR) is 97.6 cm³/mol. The van der Waals surface area contributed by atoms with Gasteiger partial charge in [-0.15, -0.1) is 0 Å². The number of hydrogen-bond acceptors (Lipinski definition) is 4. The van der Waals surface area contributed by atoms with E-state index in [1.165, 1.54) is 5.56 Å². The Bertz CT molecular complexity index is 872. The second-order valence-electron chi connectivity index (χ2n) is 8.00. The van der Waals surface area contributed by atoms with Gasteiger partial charge in [0, 0.05) is 23.6 Å². The first-order valence-corrected chi connectivity index (χ1v) is 8.98. The van der Waals surface area contributed by atoms with Crippen LogP contribution < -0.4 is 5.32 Å². The van der Waals surface area contributed by atoms with Gasteiger partial charge in [-0.1, -0.05) is 50.2 Å². The second kappa shape index (κ2) is 5.58. The number of nitrogens with zero attached hydrogens (tertiary/aromatic N) is 1. The molecule has 130 valence electrons. The maximum atomic E-state index is 13.0. The maximum Gasteiger partial charge on any atom is 0.233 e. The van der Waals surface area contributed by atoms with Crippen LogP contribution in [0.2, 0.25) is 0 Å². The lowest BCUT2D eigenvalue weighted by molar-refractivity contribution is -0.118. The third-order valence-corrected chi connectivity index (χ3v) is 5.39. The first-order chi connectivity index (χ1) is 11.9. The summed E-state index contributed by atoms with van der Waals surface area (Å²) in [7, 11) is 0. The van der Waals surface area contributed by atoms with Crippen LogP contribution in [0.15, 0.2) is 40.1 Å². The van der Waals surface area contributed by atoms with E-state index >= 15 is 0 Å². The Morgan fingerprint density at radius 3 is 2.64 bits per heavy atom. The number of Topliss-reactive ketones (excluding diaryl/α,β-unsaturated/α-hetero) is 1. The van der Waals surface area contributed by atoms with Crippen LogP contribution in [0.5, 0.6) is 0 Å². The molecule has 0 bridgehead atoms. The van der Waals surface area contributed by atoms with Gasteiger partial charge in [0.25, 0.3) is 0 Å². The molecular weight excluding hydrogens is 312 g/mol. The number of anilines is 1. The average Bonchev–Trinajstić information content (AvgIpc) is 2.93. The molecule has 1 aliphatic heterocycles. The summed E-state index contributed by atoms with van der Waals surface area (Å²) in [4.78, 5) is 13.0. The Morgan fingerprint density at radius 1 is 1.24 bits per heavy atom. The van der Waals surface area contributed by atoms with Crippen molar-refractivity contribution < 1.29 is 9.32 Å². The van der Waals surface area contributed by atoms with Crippen LogP contribution >= 0.6 is 0 Å². The molecule has 0 unspecified atom stereocenters. The van der Waals surface area contributed by atoms with E-state index in [9.17, 15) is 4.79 Å². The van der Waals surface area contributed by atoms with E-state index in [4.69, 9.17) is 4.52 Å². The summed E-state index contributed by atoms with van der Waals surface area (Å²) in [6.07, 6.45) is 2.43. The van der Waals surface area contributed by atoms with Gasteiger partial charge in [-0.25, -0.2) is 0 Å². The molecule has 2 heterocycles. The van der Waals surface area contributed by atoms with E-state index in [0.29, 0.717) is 12.3 Å². The fraction of sp³-hybridized carbons (Fsp3) is 0.429. The van der Waals surface area contributed by atoms with Crippen molar-refractivity contribution in [1.82, 2.24) is 5.16 Å². The highest BCUT2D eigenvalue weighted by atomic mass is 16.5. The van der Waals surface area contributed by atoms with Crippen molar-refractivity contribution >= 4 is 11.7 Å². The third kappa shape index (κ3) is 2.60. The fourth-order valence-corrected chi connectivity index (χ4v) is 4.15. The number of fused-ring (bicyclic) bond motifs is 1. The quantitative estimate of drug-likeness (QED) is 0.860. The number of benzene rings is 1. The van der Waals surface area contributed by atoms with Crippen LogP contribution in [0, 0.1) is 12.3 Å². The van der Waals surface area contributed by atoms with E-state index in [0.717, 1.165) is 40.9 Å². The van der Waals surface area contributed by atoms with Gasteiger partial charge < -0.3 is 9.84 Å². The highest BCUT2D eigenvalue weighted by molar-refractivity contribution is 6.01. The molecule has 0 fully saturated rings. The van der Waals surface area contributed by atoms with Crippen molar-refractivity contribution in [3.63, 3.8) is 0 Å². The number of hydrogen-bond donors (Lipinski definition) is 1. The Morgan fingerprint density at radius 2 is 1.96 bits per heavy atom. The fourth-order valence-electron chi connectivity index (χ4n) is 4.15. The van der Waals surface area contributed by atoms with E-state index in [1.54, 1.807) is 0 Å². The van der Waals surface area contributed by atoms with E-state index < -0.39 is 0 Å². The van der Waals surface area contributed by atoms with Crippen molar-refractivity contribution in [1.29, 1.82) is 0 Å². The summed E-state index contributed by atoms with van der Waals surface area (Å²) in [6, 6.07) is 8.58. The zero-order valence-corrected chi connectivity index (χ0v) is 15.3. The third-order valence-electron chi connectivity index (χ3n) is 5.39. The minimum Gasteiger partial charge on any atom is -0.338 e. The number of carbonyl (C=O) groups excluding carboxylic acids is 1. The first-order valence-electron chi connectivity index (χ1n) is 8.98. The molecular formula is C21H24N2O2. The first kappa shape index (κ1) is 16.1. The Labute approximate surface area is 148 Å². The van der Waals surface area contributed by atoms with Gasteiger partial charge in [0.05, 0.1) is 11.3 Å². The van der Waals surface area contributed by atoms with Crippen molar-refractivity contribution in [3.8, 4) is 0 Å². The monoisotopic (exact) mass is 336 g/mol. The standard InChI is InChI=1S/C21H24N2O2/c1-5-13-6-8-14(9-7-13)18-17-12(2)23-25-20(17)22-15-10-21(3,4)11-16(24)19(15)18/h6-9,18,22H,5,10-11H2,1-4H3/t18-/m1/s1. The molecule has 2 aliphatic rings. The number of carbonyl (C=O) groups is 1. The minimum absolute atomic E-state index is 0.0356. The van der Waals surface area contributed by atoms with Gasteiger partial charge in [0.1, 0.15) is 0 Å². The van der Waals surface area contributed by atoms with E-state index in [1.807, 2.05) is 6.92 Å². The lowest BCUT2D eigenvalue weighted by Crippen LogP contribution is -2.33. The number of aromatic nitrogens is 1. The van der Waals surface area contributed by atoms with Gasteiger partial charge in [-0.3, -0.25) is 4.79 Å². The summed E-state index contributed by atoms with van der Waals surface area (Å²) in [5.74, 6) is 0.827. The topological polar surface area (TPSA) is 55.1 Å². The number of aryl methyl sites for hydroxylation is 2. The van der Waals surface area contributed by atoms with Crippen LogP contribution in [0.3, 0.4) is 0 Å². The number of nitrogens with one attached hydrogen (secondary N) is 1. The SMILES string of the molecule is CCc1ccc([C@H]2C3=C(CC(C)(C)CC3=O)Nc3onc(C)c32)cc1. The summed E-state index contributed by atoms with van der Waals surface area (Å²) in [5.41, 5.74) is 6.12. The predicted octanol–water partition coefficient (Wildman–Crippen LogP) is 4.75. The van der Waals surface area contributed by atoms with E-state index in [-0.39, 0.29) is 17.1 Å². The Kier molecular flexibility index (Phi) is 3.60. The average molecular weight is 336 g/mol. The van der Waals surface area contributed by atoms with Crippen molar-refractivity contribution in [3.05, 3.63) is 57.9 Å². The zero-order chi connectivity index (χ0) is 17.8. The van der Waals surface area contributed by atoms with Gasteiger partial charge in [-0.05, 0) is 36.3 Å². The van der Waals surface area contributed by atoms with Gasteiger partial charge in [-0.2, -0.15) is 0 Å². The highest BCUT2D eigenvalue weighted by Crippen LogP contribution is 2.49. The lowest BCUT2D eigenvalue weighted by Gasteiger charge is -2.37. The molecule has 4 heteroatoms. The Balaban J connectivity index is 1.89. The van der Waals surface area contributed by atoms with E-state index in [2.05, 4.69) is 55.5 Å². The molecule has 4 rings (SSSR count). The summed E-state index contributed by atoms with van der Waals surface area (Å²) >= 11 is 0. The molecule has 0 saturated heterocycles. The van der Waals surface area contributed by atoms with Crippen LogP contribution in [0.1, 0.15) is 61.9 Å². The van der Waals surface area contributed by atoms with Crippen molar-refractivity contribution in [2.24, 2.45) is 5.41 Å². The molecule has 0 amide bonds. The molecule has 25 heavy (non-hydrogen) atoms. The molecule has 1 N–H and O–H groups in total. The highest BCUT2D eigenvalue weighted by Gasteiger charge is 2.42. The number of allylic oxidation sites excluding steroid dienone is 2. The smallest absolute Gasteiger partial charge is 0.233 e. The molecule has 0 spiro atoms. The molecule has 4 nitrogen and oxygen atoms in total. The zero-order valence-electron chi connectivity index (χ0n) is 15.3. The van der Waals surface area contributed by atoms with Crippen molar-refractivity contribution in [2.45, 2.75) is 52.9 Å². The van der Waals surface area contributed by atoms with Gasteiger partial charge in [0.15, 0.2) is 5.78 Å².